The monoisotopic (exact) mass is 357 g/mol. The summed E-state index contributed by atoms with van der Waals surface area (Å²) in [4.78, 5) is 19.0. The number of rotatable bonds is 7. The molecule has 1 saturated heterocycles. The van der Waals surface area contributed by atoms with Crippen molar-refractivity contribution < 1.29 is 4.79 Å². The fourth-order valence-electron chi connectivity index (χ4n) is 3.50. The lowest BCUT2D eigenvalue weighted by Crippen LogP contribution is -2.34. The molecule has 1 aromatic heterocycles. The lowest BCUT2D eigenvalue weighted by Gasteiger charge is -2.17. The highest BCUT2D eigenvalue weighted by Crippen LogP contribution is 2.28. The van der Waals surface area contributed by atoms with Crippen molar-refractivity contribution in [3.63, 3.8) is 0 Å². The van der Waals surface area contributed by atoms with Crippen LogP contribution in [-0.4, -0.2) is 42.0 Å². The zero-order valence-corrected chi connectivity index (χ0v) is 15.9. The van der Waals surface area contributed by atoms with Crippen LogP contribution in [0.25, 0.3) is 0 Å². The molecule has 1 aliphatic heterocycles. The van der Waals surface area contributed by atoms with E-state index in [9.17, 15) is 4.79 Å². The molecule has 1 amide bonds. The predicted molar refractivity (Wildman–Crippen MR) is 103 cm³/mol. The molecule has 0 aliphatic carbocycles. The Kier molecular flexibility index (Phi) is 6.21. The number of hydrogen-bond donors (Lipinski definition) is 1. The van der Waals surface area contributed by atoms with Crippen LogP contribution < -0.4 is 5.32 Å². The van der Waals surface area contributed by atoms with Crippen LogP contribution in [0.1, 0.15) is 52.3 Å². The second kappa shape index (κ2) is 8.59. The predicted octanol–water partition coefficient (Wildman–Crippen LogP) is 3.62. The summed E-state index contributed by atoms with van der Waals surface area (Å²) in [5.41, 5.74) is 3.42. The molecule has 4 nitrogen and oxygen atoms in total. The van der Waals surface area contributed by atoms with Gasteiger partial charge in [0.05, 0.1) is 5.01 Å². The molecule has 0 bridgehead atoms. The van der Waals surface area contributed by atoms with Gasteiger partial charge in [0.25, 0.3) is 5.91 Å². The van der Waals surface area contributed by atoms with Gasteiger partial charge in [-0.1, -0.05) is 31.2 Å². The molecule has 25 heavy (non-hydrogen) atoms. The molecule has 5 heteroatoms. The molecule has 0 saturated carbocycles. The summed E-state index contributed by atoms with van der Waals surface area (Å²) in [5.74, 6) is 0.570. The Morgan fingerprint density at radius 3 is 3.04 bits per heavy atom. The molecule has 2 aromatic rings. The van der Waals surface area contributed by atoms with E-state index in [1.807, 2.05) is 5.38 Å². The number of aryl methyl sites for hydroxylation is 2. The average Bonchev–Trinajstić information content (AvgIpc) is 3.25. The van der Waals surface area contributed by atoms with E-state index < -0.39 is 0 Å². The van der Waals surface area contributed by atoms with Gasteiger partial charge in [-0.15, -0.1) is 11.3 Å². The SMILES string of the molecule is CCCc1nc(C(=O)NCCN2CC[C@@H](c3ccccc3C)C2)cs1. The van der Waals surface area contributed by atoms with Gasteiger partial charge in [-0.2, -0.15) is 0 Å². The lowest BCUT2D eigenvalue weighted by atomic mass is 9.94. The summed E-state index contributed by atoms with van der Waals surface area (Å²) in [7, 11) is 0. The number of nitrogens with one attached hydrogen (secondary N) is 1. The van der Waals surface area contributed by atoms with E-state index in [0.29, 0.717) is 18.2 Å². The number of carbonyl (C=O) groups excluding carboxylic acids is 1. The fraction of sp³-hybridized carbons (Fsp3) is 0.500. The van der Waals surface area contributed by atoms with Crippen LogP contribution in [0, 0.1) is 6.92 Å². The Morgan fingerprint density at radius 1 is 1.40 bits per heavy atom. The minimum atomic E-state index is -0.0479. The minimum Gasteiger partial charge on any atom is -0.349 e. The second-order valence-corrected chi connectivity index (χ2v) is 7.72. The van der Waals surface area contributed by atoms with Crippen molar-refractivity contribution in [3.05, 3.63) is 51.5 Å². The third-order valence-corrected chi connectivity index (χ3v) is 5.77. The summed E-state index contributed by atoms with van der Waals surface area (Å²) in [6.45, 7) is 8.09. The number of nitrogens with zero attached hydrogens (tertiary/aromatic N) is 2. The number of carbonyl (C=O) groups is 1. The van der Waals surface area contributed by atoms with Gasteiger partial charge >= 0.3 is 0 Å². The van der Waals surface area contributed by atoms with Crippen molar-refractivity contribution in [2.45, 2.75) is 39.0 Å². The van der Waals surface area contributed by atoms with E-state index >= 15 is 0 Å². The number of likely N-dealkylation sites (tertiary alicyclic amines) is 1. The average molecular weight is 358 g/mol. The molecule has 2 heterocycles. The molecule has 1 aromatic carbocycles. The number of aromatic nitrogens is 1. The van der Waals surface area contributed by atoms with Crippen molar-refractivity contribution in [1.29, 1.82) is 0 Å². The van der Waals surface area contributed by atoms with Gasteiger partial charge in [0.15, 0.2) is 0 Å². The first-order valence-electron chi connectivity index (χ1n) is 9.18. The molecule has 0 unspecified atom stereocenters. The van der Waals surface area contributed by atoms with E-state index in [0.717, 1.165) is 37.5 Å². The van der Waals surface area contributed by atoms with Crippen molar-refractivity contribution in [2.75, 3.05) is 26.2 Å². The third-order valence-electron chi connectivity index (χ3n) is 4.86. The minimum absolute atomic E-state index is 0.0479. The molecule has 1 fully saturated rings. The second-order valence-electron chi connectivity index (χ2n) is 6.78. The summed E-state index contributed by atoms with van der Waals surface area (Å²) < 4.78 is 0. The lowest BCUT2D eigenvalue weighted by molar-refractivity contribution is 0.0945. The maximum Gasteiger partial charge on any atom is 0.270 e. The maximum atomic E-state index is 12.2. The van der Waals surface area contributed by atoms with Crippen LogP contribution in [-0.2, 0) is 6.42 Å². The number of amides is 1. The first kappa shape index (κ1) is 18.1. The Bertz CT molecular complexity index is 712. The third kappa shape index (κ3) is 4.67. The number of hydrogen-bond acceptors (Lipinski definition) is 4. The largest absolute Gasteiger partial charge is 0.349 e. The molecule has 134 valence electrons. The van der Waals surface area contributed by atoms with Crippen LogP contribution in [0.4, 0.5) is 0 Å². The van der Waals surface area contributed by atoms with Crippen LogP contribution >= 0.6 is 11.3 Å². The summed E-state index contributed by atoms with van der Waals surface area (Å²) >= 11 is 1.58. The smallest absolute Gasteiger partial charge is 0.270 e. The molecule has 0 spiro atoms. The Hall–Kier alpha value is -1.72. The zero-order valence-electron chi connectivity index (χ0n) is 15.1. The van der Waals surface area contributed by atoms with Crippen LogP contribution in [0.3, 0.4) is 0 Å². The van der Waals surface area contributed by atoms with Crippen molar-refractivity contribution in [3.8, 4) is 0 Å². The Labute approximate surface area is 154 Å². The Morgan fingerprint density at radius 2 is 2.24 bits per heavy atom. The fourth-order valence-corrected chi connectivity index (χ4v) is 4.38. The summed E-state index contributed by atoms with van der Waals surface area (Å²) in [6, 6.07) is 8.68. The van der Waals surface area contributed by atoms with Crippen molar-refractivity contribution in [2.24, 2.45) is 0 Å². The highest BCUT2D eigenvalue weighted by Gasteiger charge is 2.24. The quantitative estimate of drug-likeness (QED) is 0.823. The highest BCUT2D eigenvalue weighted by molar-refractivity contribution is 7.09. The van der Waals surface area contributed by atoms with Gasteiger partial charge in [0, 0.05) is 25.0 Å². The molecule has 0 radical (unpaired) electrons. The van der Waals surface area contributed by atoms with E-state index in [1.165, 1.54) is 17.5 Å². The van der Waals surface area contributed by atoms with Crippen LogP contribution in [0.15, 0.2) is 29.6 Å². The molecular formula is C20H27N3OS. The molecule has 1 atom stereocenters. The first-order valence-corrected chi connectivity index (χ1v) is 10.1. The summed E-state index contributed by atoms with van der Waals surface area (Å²) in [6.07, 6.45) is 3.21. The molecule has 3 rings (SSSR count). The summed E-state index contributed by atoms with van der Waals surface area (Å²) in [5, 5.41) is 5.93. The van der Waals surface area contributed by atoms with Gasteiger partial charge in [-0.25, -0.2) is 4.98 Å². The van der Waals surface area contributed by atoms with Gasteiger partial charge < -0.3 is 10.2 Å². The van der Waals surface area contributed by atoms with E-state index in [2.05, 4.69) is 53.3 Å². The molecule has 1 aliphatic rings. The van der Waals surface area contributed by atoms with E-state index in [4.69, 9.17) is 0 Å². The van der Waals surface area contributed by atoms with Crippen LogP contribution in [0.5, 0.6) is 0 Å². The van der Waals surface area contributed by atoms with Gasteiger partial charge in [-0.3, -0.25) is 4.79 Å². The van der Waals surface area contributed by atoms with Gasteiger partial charge in [0.1, 0.15) is 5.69 Å². The highest BCUT2D eigenvalue weighted by atomic mass is 32.1. The van der Waals surface area contributed by atoms with E-state index in [-0.39, 0.29) is 5.91 Å². The number of benzene rings is 1. The van der Waals surface area contributed by atoms with Gasteiger partial charge in [-0.05, 0) is 49.8 Å². The van der Waals surface area contributed by atoms with Crippen molar-refractivity contribution in [1.82, 2.24) is 15.2 Å². The maximum absolute atomic E-state index is 12.2. The molecule has 1 N–H and O–H groups in total. The normalized spacial score (nSPS) is 17.8. The van der Waals surface area contributed by atoms with Crippen molar-refractivity contribution >= 4 is 17.2 Å². The zero-order chi connectivity index (χ0) is 17.6. The van der Waals surface area contributed by atoms with Gasteiger partial charge in [0.2, 0.25) is 0 Å². The Balaban J connectivity index is 1.43. The molecular weight excluding hydrogens is 330 g/mol. The van der Waals surface area contributed by atoms with E-state index in [1.54, 1.807) is 11.3 Å². The standard InChI is InChI=1S/C20H27N3OS/c1-3-6-19-22-18(14-25-19)20(24)21-10-12-23-11-9-16(13-23)17-8-5-4-7-15(17)2/h4-5,7-8,14,16H,3,6,9-13H2,1-2H3,(H,21,24)/t16-/m1/s1. The topological polar surface area (TPSA) is 45.2 Å². The number of thiazole rings is 1. The van der Waals surface area contributed by atoms with Crippen LogP contribution in [0.2, 0.25) is 0 Å². The first-order chi connectivity index (χ1) is 12.2.